The molecular weight excluding hydrogens is 288 g/mol. The topological polar surface area (TPSA) is 64.4 Å². The van der Waals surface area contributed by atoms with E-state index >= 15 is 0 Å². The standard InChI is InChI=1S/C19H28N2O2/c20-18(22)19(10-12-23-13-11-19)14-21-17-9-5-4-8-16(17)15-6-2-1-3-7-15/h1-3,6-7,16-17,21H,4-5,8-14H2,(H2,20,22)/t16-,17+/m1/s1. The van der Waals surface area contributed by atoms with Crippen LogP contribution in [-0.4, -0.2) is 31.7 Å². The summed E-state index contributed by atoms with van der Waals surface area (Å²) in [5.74, 6) is 0.357. The molecule has 0 unspecified atom stereocenters. The Hall–Kier alpha value is -1.39. The third-order valence-electron chi connectivity index (χ3n) is 5.67. The van der Waals surface area contributed by atoms with Crippen LogP contribution in [0.25, 0.3) is 0 Å². The van der Waals surface area contributed by atoms with Crippen molar-refractivity contribution in [3.63, 3.8) is 0 Å². The smallest absolute Gasteiger partial charge is 0.225 e. The summed E-state index contributed by atoms with van der Waals surface area (Å²) in [4.78, 5) is 12.0. The molecule has 4 nitrogen and oxygen atoms in total. The summed E-state index contributed by atoms with van der Waals surface area (Å²) < 4.78 is 5.42. The van der Waals surface area contributed by atoms with Crippen LogP contribution >= 0.6 is 0 Å². The lowest BCUT2D eigenvalue weighted by Gasteiger charge is -2.39. The van der Waals surface area contributed by atoms with Crippen molar-refractivity contribution in [3.05, 3.63) is 35.9 Å². The average Bonchev–Trinajstić information content (AvgIpc) is 2.62. The lowest BCUT2D eigenvalue weighted by Crippen LogP contribution is -2.51. The second-order valence-corrected chi connectivity index (χ2v) is 7.05. The summed E-state index contributed by atoms with van der Waals surface area (Å²) >= 11 is 0. The van der Waals surface area contributed by atoms with Gasteiger partial charge in [-0.1, -0.05) is 43.2 Å². The van der Waals surface area contributed by atoms with Gasteiger partial charge < -0.3 is 15.8 Å². The maximum atomic E-state index is 12.0. The van der Waals surface area contributed by atoms with Gasteiger partial charge in [0.1, 0.15) is 0 Å². The van der Waals surface area contributed by atoms with Crippen LogP contribution in [0.2, 0.25) is 0 Å². The second-order valence-electron chi connectivity index (χ2n) is 7.05. The van der Waals surface area contributed by atoms with E-state index in [1.54, 1.807) is 0 Å². The molecule has 0 aromatic heterocycles. The molecule has 2 aliphatic rings. The number of carbonyl (C=O) groups excluding carboxylic acids is 1. The Morgan fingerprint density at radius 2 is 1.87 bits per heavy atom. The minimum Gasteiger partial charge on any atom is -0.381 e. The molecule has 2 atom stereocenters. The number of benzene rings is 1. The molecular formula is C19H28N2O2. The first kappa shape index (κ1) is 16.5. The predicted molar refractivity (Wildman–Crippen MR) is 91.1 cm³/mol. The van der Waals surface area contributed by atoms with Gasteiger partial charge in [0, 0.05) is 25.8 Å². The van der Waals surface area contributed by atoms with Gasteiger partial charge in [-0.15, -0.1) is 0 Å². The third-order valence-corrected chi connectivity index (χ3v) is 5.67. The summed E-state index contributed by atoms with van der Waals surface area (Å²) in [5, 5.41) is 3.71. The number of ether oxygens (including phenoxy) is 1. The van der Waals surface area contributed by atoms with Gasteiger partial charge in [-0.05, 0) is 37.2 Å². The zero-order valence-corrected chi connectivity index (χ0v) is 13.8. The number of hydrogen-bond donors (Lipinski definition) is 2. The Bertz CT molecular complexity index is 511. The van der Waals surface area contributed by atoms with Crippen molar-refractivity contribution >= 4 is 5.91 Å². The van der Waals surface area contributed by atoms with Crippen LogP contribution in [0.4, 0.5) is 0 Å². The minimum absolute atomic E-state index is 0.180. The molecule has 0 spiro atoms. The number of amides is 1. The molecule has 0 bridgehead atoms. The Morgan fingerprint density at radius 1 is 1.17 bits per heavy atom. The van der Waals surface area contributed by atoms with Crippen molar-refractivity contribution in [2.45, 2.75) is 50.5 Å². The molecule has 1 aromatic carbocycles. The first-order valence-electron chi connectivity index (χ1n) is 8.87. The summed E-state index contributed by atoms with van der Waals surface area (Å²) in [6, 6.07) is 11.2. The Morgan fingerprint density at radius 3 is 2.57 bits per heavy atom. The van der Waals surface area contributed by atoms with Crippen molar-refractivity contribution in [3.8, 4) is 0 Å². The molecule has 1 saturated carbocycles. The molecule has 1 heterocycles. The highest BCUT2D eigenvalue weighted by Crippen LogP contribution is 2.35. The van der Waals surface area contributed by atoms with E-state index in [0.717, 1.165) is 12.8 Å². The van der Waals surface area contributed by atoms with Gasteiger partial charge in [-0.3, -0.25) is 4.79 Å². The van der Waals surface area contributed by atoms with Crippen LogP contribution in [0.5, 0.6) is 0 Å². The van der Waals surface area contributed by atoms with Gasteiger partial charge in [0.05, 0.1) is 5.41 Å². The summed E-state index contributed by atoms with van der Waals surface area (Å²) in [7, 11) is 0. The Balaban J connectivity index is 1.68. The van der Waals surface area contributed by atoms with Crippen molar-refractivity contribution in [2.75, 3.05) is 19.8 Å². The van der Waals surface area contributed by atoms with E-state index in [1.165, 1.54) is 31.2 Å². The van der Waals surface area contributed by atoms with Crippen LogP contribution in [0, 0.1) is 5.41 Å². The van der Waals surface area contributed by atoms with E-state index in [0.29, 0.717) is 31.7 Å². The fourth-order valence-corrected chi connectivity index (χ4v) is 4.07. The number of hydrogen-bond acceptors (Lipinski definition) is 3. The van der Waals surface area contributed by atoms with Gasteiger partial charge >= 0.3 is 0 Å². The highest BCUT2D eigenvalue weighted by atomic mass is 16.5. The van der Waals surface area contributed by atoms with Crippen LogP contribution < -0.4 is 11.1 Å². The number of primary amides is 1. The summed E-state index contributed by atoms with van der Waals surface area (Å²) in [5.41, 5.74) is 6.70. The van der Waals surface area contributed by atoms with E-state index in [1.807, 2.05) is 0 Å². The van der Waals surface area contributed by atoms with Gasteiger partial charge in [-0.2, -0.15) is 0 Å². The summed E-state index contributed by atoms with van der Waals surface area (Å²) in [6.07, 6.45) is 6.40. The summed E-state index contributed by atoms with van der Waals surface area (Å²) in [6.45, 7) is 1.95. The highest BCUT2D eigenvalue weighted by Gasteiger charge is 2.39. The van der Waals surface area contributed by atoms with Crippen LogP contribution in [0.15, 0.2) is 30.3 Å². The van der Waals surface area contributed by atoms with Crippen molar-refractivity contribution in [1.29, 1.82) is 0 Å². The van der Waals surface area contributed by atoms with Gasteiger partial charge in [0.15, 0.2) is 0 Å². The number of carbonyl (C=O) groups is 1. The first-order chi connectivity index (χ1) is 11.2. The van der Waals surface area contributed by atoms with Gasteiger partial charge in [-0.25, -0.2) is 0 Å². The predicted octanol–water partition coefficient (Wildman–Crippen LogP) is 2.58. The molecule has 1 aliphatic carbocycles. The second kappa shape index (κ2) is 7.45. The van der Waals surface area contributed by atoms with Crippen LogP contribution in [0.1, 0.15) is 50.0 Å². The van der Waals surface area contributed by atoms with E-state index in [9.17, 15) is 4.79 Å². The number of nitrogens with one attached hydrogen (secondary N) is 1. The largest absolute Gasteiger partial charge is 0.381 e. The lowest BCUT2D eigenvalue weighted by atomic mass is 9.76. The minimum atomic E-state index is -0.434. The third kappa shape index (κ3) is 3.75. The molecule has 3 rings (SSSR count). The van der Waals surface area contributed by atoms with Crippen molar-refractivity contribution in [1.82, 2.24) is 5.32 Å². The Kier molecular flexibility index (Phi) is 5.34. The molecule has 4 heteroatoms. The normalized spacial score (nSPS) is 27.5. The number of nitrogens with two attached hydrogens (primary N) is 1. The highest BCUT2D eigenvalue weighted by molar-refractivity contribution is 5.81. The zero-order valence-electron chi connectivity index (χ0n) is 13.8. The van der Waals surface area contributed by atoms with Crippen molar-refractivity contribution in [2.24, 2.45) is 11.1 Å². The SMILES string of the molecule is NC(=O)C1(CN[C@H]2CCCC[C@@H]2c2ccccc2)CCOCC1. The number of rotatable bonds is 5. The van der Waals surface area contributed by atoms with Gasteiger partial charge in [0.2, 0.25) is 5.91 Å². The fraction of sp³-hybridized carbons (Fsp3) is 0.632. The quantitative estimate of drug-likeness (QED) is 0.877. The average molecular weight is 316 g/mol. The lowest BCUT2D eigenvalue weighted by molar-refractivity contribution is -0.133. The molecule has 0 radical (unpaired) electrons. The van der Waals surface area contributed by atoms with Crippen molar-refractivity contribution < 1.29 is 9.53 Å². The maximum Gasteiger partial charge on any atom is 0.225 e. The zero-order chi connectivity index (χ0) is 16.1. The van der Waals surface area contributed by atoms with E-state index in [-0.39, 0.29) is 5.91 Å². The molecule has 1 amide bonds. The van der Waals surface area contributed by atoms with E-state index in [4.69, 9.17) is 10.5 Å². The molecule has 23 heavy (non-hydrogen) atoms. The molecule has 3 N–H and O–H groups in total. The molecule has 126 valence electrons. The maximum absolute atomic E-state index is 12.0. The fourth-order valence-electron chi connectivity index (χ4n) is 4.07. The van der Waals surface area contributed by atoms with Gasteiger partial charge in [0.25, 0.3) is 0 Å². The van der Waals surface area contributed by atoms with Crippen LogP contribution in [0.3, 0.4) is 0 Å². The van der Waals surface area contributed by atoms with E-state index in [2.05, 4.69) is 35.6 Å². The first-order valence-corrected chi connectivity index (χ1v) is 8.87. The van der Waals surface area contributed by atoms with Crippen LogP contribution in [-0.2, 0) is 9.53 Å². The monoisotopic (exact) mass is 316 g/mol. The molecule has 1 aliphatic heterocycles. The molecule has 1 saturated heterocycles. The molecule has 2 fully saturated rings. The van der Waals surface area contributed by atoms with E-state index < -0.39 is 5.41 Å². The Labute approximate surface area is 138 Å². The molecule has 1 aromatic rings.